The molecular weight excluding hydrogens is 378 g/mol. The SMILES string of the molecule is COc1cc(Br)cc(N[C@H]2CCN(c3cc(=O)n(C)c(=O)[nH]3)C2)n1. The molecule has 0 aromatic carbocycles. The molecule has 128 valence electrons. The lowest BCUT2D eigenvalue weighted by molar-refractivity contribution is 0.398. The quantitative estimate of drug-likeness (QED) is 0.799. The van der Waals surface area contributed by atoms with Crippen LogP contribution in [-0.4, -0.2) is 40.8 Å². The van der Waals surface area contributed by atoms with Crippen LogP contribution in [0.25, 0.3) is 0 Å². The van der Waals surface area contributed by atoms with Crippen molar-refractivity contribution in [3.8, 4) is 5.88 Å². The van der Waals surface area contributed by atoms with Crippen molar-refractivity contribution < 1.29 is 4.74 Å². The Kier molecular flexibility index (Phi) is 4.61. The molecule has 2 N–H and O–H groups in total. The molecule has 1 atom stereocenters. The van der Waals surface area contributed by atoms with E-state index in [-0.39, 0.29) is 11.6 Å². The molecule has 2 aromatic heterocycles. The number of methoxy groups -OCH3 is 1. The molecule has 3 heterocycles. The summed E-state index contributed by atoms with van der Waals surface area (Å²) in [5.74, 6) is 1.79. The van der Waals surface area contributed by atoms with Crippen molar-refractivity contribution in [1.82, 2.24) is 14.5 Å². The number of nitrogens with one attached hydrogen (secondary N) is 2. The highest BCUT2D eigenvalue weighted by atomic mass is 79.9. The summed E-state index contributed by atoms with van der Waals surface area (Å²) in [5.41, 5.74) is -0.726. The smallest absolute Gasteiger partial charge is 0.329 e. The summed E-state index contributed by atoms with van der Waals surface area (Å²) in [5, 5.41) is 3.36. The third kappa shape index (κ3) is 3.45. The number of pyridine rings is 1. The van der Waals surface area contributed by atoms with Gasteiger partial charge >= 0.3 is 5.69 Å². The zero-order valence-corrected chi connectivity index (χ0v) is 15.0. The molecule has 0 saturated carbocycles. The summed E-state index contributed by atoms with van der Waals surface area (Å²) >= 11 is 3.43. The van der Waals surface area contributed by atoms with Gasteiger partial charge in [-0.3, -0.25) is 14.3 Å². The van der Waals surface area contributed by atoms with Gasteiger partial charge in [0.1, 0.15) is 11.6 Å². The summed E-state index contributed by atoms with van der Waals surface area (Å²) in [6.45, 7) is 1.41. The maximum atomic E-state index is 11.8. The fourth-order valence-corrected chi connectivity index (χ4v) is 3.08. The molecular formula is C15H18BrN5O3. The molecule has 0 aliphatic carbocycles. The number of aromatic nitrogens is 3. The standard InChI is InChI=1S/C15H18BrN5O3/c1-20-14(22)7-12(19-15(20)23)21-4-3-10(8-21)17-11-5-9(16)6-13(18-11)24-2/h5-7,10H,3-4,8H2,1-2H3,(H,17,18)(H,19,23)/t10-/m0/s1. The van der Waals surface area contributed by atoms with Crippen LogP contribution in [0.2, 0.25) is 0 Å². The second-order valence-electron chi connectivity index (χ2n) is 5.65. The van der Waals surface area contributed by atoms with E-state index in [1.54, 1.807) is 13.2 Å². The number of nitrogens with zero attached hydrogens (tertiary/aromatic N) is 3. The lowest BCUT2D eigenvalue weighted by Gasteiger charge is -2.19. The van der Waals surface area contributed by atoms with Crippen molar-refractivity contribution in [1.29, 1.82) is 0 Å². The summed E-state index contributed by atoms with van der Waals surface area (Å²) < 4.78 is 7.09. The van der Waals surface area contributed by atoms with Crippen molar-refractivity contribution in [2.24, 2.45) is 7.05 Å². The number of hydrogen-bond acceptors (Lipinski definition) is 6. The Balaban J connectivity index is 1.73. The molecule has 9 heteroatoms. The van der Waals surface area contributed by atoms with E-state index in [1.165, 1.54) is 13.1 Å². The fourth-order valence-electron chi connectivity index (χ4n) is 2.67. The molecule has 3 rings (SSSR count). The van der Waals surface area contributed by atoms with E-state index in [4.69, 9.17) is 4.74 Å². The minimum atomic E-state index is -0.410. The fraction of sp³-hybridized carbons (Fsp3) is 0.400. The van der Waals surface area contributed by atoms with Crippen LogP contribution in [-0.2, 0) is 7.05 Å². The number of ether oxygens (including phenoxy) is 1. The molecule has 2 aromatic rings. The lowest BCUT2D eigenvalue weighted by atomic mass is 10.2. The molecule has 1 aliphatic rings. The predicted octanol–water partition coefficient (Wildman–Crippen LogP) is 0.930. The molecule has 1 aliphatic heterocycles. The van der Waals surface area contributed by atoms with Crippen LogP contribution in [0.3, 0.4) is 0 Å². The van der Waals surface area contributed by atoms with Gasteiger partial charge in [-0.2, -0.15) is 4.98 Å². The summed E-state index contributed by atoms with van der Waals surface area (Å²) in [6, 6.07) is 5.27. The van der Waals surface area contributed by atoms with Crippen LogP contribution >= 0.6 is 15.9 Å². The van der Waals surface area contributed by atoms with Gasteiger partial charge in [0.15, 0.2) is 0 Å². The van der Waals surface area contributed by atoms with Crippen LogP contribution in [0.4, 0.5) is 11.6 Å². The molecule has 0 bridgehead atoms. The van der Waals surface area contributed by atoms with Gasteiger partial charge in [-0.1, -0.05) is 15.9 Å². The Morgan fingerprint density at radius 2 is 2.17 bits per heavy atom. The van der Waals surface area contributed by atoms with Crippen LogP contribution in [0.1, 0.15) is 6.42 Å². The van der Waals surface area contributed by atoms with Gasteiger partial charge in [-0.05, 0) is 12.5 Å². The topological polar surface area (TPSA) is 92.2 Å². The lowest BCUT2D eigenvalue weighted by Crippen LogP contribution is -2.35. The van der Waals surface area contributed by atoms with Crippen molar-refractivity contribution >= 4 is 27.6 Å². The first-order valence-corrected chi connectivity index (χ1v) is 8.29. The minimum Gasteiger partial charge on any atom is -0.481 e. The van der Waals surface area contributed by atoms with Crippen molar-refractivity contribution in [3.63, 3.8) is 0 Å². The number of anilines is 2. The molecule has 1 saturated heterocycles. The first kappa shape index (κ1) is 16.6. The Hall–Kier alpha value is -2.29. The zero-order chi connectivity index (χ0) is 17.3. The van der Waals surface area contributed by atoms with E-state index in [0.717, 1.165) is 22.0 Å². The van der Waals surface area contributed by atoms with Gasteiger partial charge in [0, 0.05) is 42.8 Å². The molecule has 24 heavy (non-hydrogen) atoms. The van der Waals surface area contributed by atoms with Crippen molar-refractivity contribution in [2.45, 2.75) is 12.5 Å². The highest BCUT2D eigenvalue weighted by Gasteiger charge is 2.24. The van der Waals surface area contributed by atoms with Crippen LogP contribution < -0.4 is 26.2 Å². The Morgan fingerprint density at radius 3 is 2.88 bits per heavy atom. The second kappa shape index (κ2) is 6.68. The number of hydrogen-bond donors (Lipinski definition) is 2. The van der Waals surface area contributed by atoms with Gasteiger partial charge in [-0.25, -0.2) is 4.79 Å². The van der Waals surface area contributed by atoms with E-state index in [2.05, 4.69) is 31.2 Å². The zero-order valence-electron chi connectivity index (χ0n) is 13.4. The van der Waals surface area contributed by atoms with Crippen molar-refractivity contribution in [3.05, 3.63) is 43.5 Å². The van der Waals surface area contributed by atoms with Gasteiger partial charge < -0.3 is 15.0 Å². The summed E-state index contributed by atoms with van der Waals surface area (Å²) in [6.07, 6.45) is 0.869. The van der Waals surface area contributed by atoms with Gasteiger partial charge in [0.05, 0.1) is 7.11 Å². The van der Waals surface area contributed by atoms with Crippen LogP contribution in [0, 0.1) is 0 Å². The highest BCUT2D eigenvalue weighted by molar-refractivity contribution is 9.10. The third-order valence-corrected chi connectivity index (χ3v) is 4.44. The molecule has 0 spiro atoms. The maximum Gasteiger partial charge on any atom is 0.329 e. The average Bonchev–Trinajstić information content (AvgIpc) is 3.00. The first-order valence-electron chi connectivity index (χ1n) is 7.49. The average molecular weight is 396 g/mol. The molecule has 1 fully saturated rings. The van der Waals surface area contributed by atoms with Gasteiger partial charge in [0.2, 0.25) is 5.88 Å². The van der Waals surface area contributed by atoms with Crippen LogP contribution in [0.5, 0.6) is 5.88 Å². The van der Waals surface area contributed by atoms with Gasteiger partial charge in [-0.15, -0.1) is 0 Å². The van der Waals surface area contributed by atoms with E-state index < -0.39 is 5.69 Å². The van der Waals surface area contributed by atoms with Crippen molar-refractivity contribution in [2.75, 3.05) is 30.4 Å². The van der Waals surface area contributed by atoms with Crippen LogP contribution in [0.15, 0.2) is 32.3 Å². The Labute approximate surface area is 146 Å². The summed E-state index contributed by atoms with van der Waals surface area (Å²) in [4.78, 5) is 32.6. The molecule has 0 radical (unpaired) electrons. The number of rotatable bonds is 4. The first-order chi connectivity index (χ1) is 11.5. The Bertz CT molecular complexity index is 832. The highest BCUT2D eigenvalue weighted by Crippen LogP contribution is 2.23. The van der Waals surface area contributed by atoms with E-state index >= 15 is 0 Å². The minimum absolute atomic E-state index is 0.157. The molecule has 8 nitrogen and oxygen atoms in total. The second-order valence-corrected chi connectivity index (χ2v) is 6.56. The largest absolute Gasteiger partial charge is 0.481 e. The monoisotopic (exact) mass is 395 g/mol. The van der Waals surface area contributed by atoms with E-state index in [1.807, 2.05) is 11.0 Å². The number of H-pyrrole nitrogens is 1. The summed E-state index contributed by atoms with van der Waals surface area (Å²) in [7, 11) is 3.02. The molecule has 0 unspecified atom stereocenters. The van der Waals surface area contributed by atoms with E-state index in [0.29, 0.717) is 24.1 Å². The Morgan fingerprint density at radius 1 is 1.38 bits per heavy atom. The normalized spacial score (nSPS) is 17.1. The number of halogens is 1. The molecule has 0 amide bonds. The predicted molar refractivity (Wildman–Crippen MR) is 95.0 cm³/mol. The number of aromatic amines is 1. The third-order valence-electron chi connectivity index (χ3n) is 3.99. The van der Waals surface area contributed by atoms with Gasteiger partial charge in [0.25, 0.3) is 5.56 Å². The maximum absolute atomic E-state index is 11.8. The van der Waals surface area contributed by atoms with E-state index in [9.17, 15) is 9.59 Å².